The van der Waals surface area contributed by atoms with E-state index in [1.54, 1.807) is 11.0 Å². The lowest BCUT2D eigenvalue weighted by atomic mass is 10.1. The first kappa shape index (κ1) is 24.3. The fraction of sp³-hybridized carbons (Fsp3) is 0.207. The van der Waals surface area contributed by atoms with Crippen LogP contribution in [0.1, 0.15) is 34.7 Å². The largest absolute Gasteiger partial charge is 0.475 e. The molecule has 2 aromatic heterocycles. The van der Waals surface area contributed by atoms with Crippen LogP contribution in [0.25, 0.3) is 17.0 Å². The number of carboxylic acids is 1. The number of benzene rings is 2. The number of hydrogen-bond donors (Lipinski definition) is 1. The molecule has 0 saturated carbocycles. The zero-order chi connectivity index (χ0) is 26.1. The number of carbonyl (C=O) groups is 2. The van der Waals surface area contributed by atoms with Gasteiger partial charge in [-0.3, -0.25) is 9.69 Å². The van der Waals surface area contributed by atoms with Crippen molar-refractivity contribution in [2.45, 2.75) is 25.5 Å². The number of carboxylic acid groups (broad SMARTS) is 1. The fourth-order valence-electron chi connectivity index (χ4n) is 4.77. The maximum Gasteiger partial charge on any atom is 0.371 e. The van der Waals surface area contributed by atoms with E-state index in [0.717, 1.165) is 41.6 Å². The smallest absolute Gasteiger partial charge is 0.371 e. The molecule has 38 heavy (non-hydrogen) atoms. The molecule has 2 aliphatic heterocycles. The summed E-state index contributed by atoms with van der Waals surface area (Å²) in [7, 11) is 0. The number of ether oxygens (including phenoxy) is 1. The molecule has 4 heterocycles. The molecule has 0 radical (unpaired) electrons. The molecule has 192 valence electrons. The minimum atomic E-state index is -1.10. The first-order valence-corrected chi connectivity index (χ1v) is 13.2. The minimum absolute atomic E-state index is 0.00535. The lowest BCUT2D eigenvalue weighted by Gasteiger charge is -2.19. The number of aromatic carboxylic acids is 1. The molecule has 6 rings (SSSR count). The Morgan fingerprint density at radius 1 is 1.11 bits per heavy atom. The van der Waals surface area contributed by atoms with Gasteiger partial charge in [0.05, 0.1) is 29.8 Å². The predicted molar refractivity (Wildman–Crippen MR) is 146 cm³/mol. The van der Waals surface area contributed by atoms with Gasteiger partial charge >= 0.3 is 5.97 Å². The van der Waals surface area contributed by atoms with E-state index in [-0.39, 0.29) is 17.8 Å². The topological polar surface area (TPSA) is 97.3 Å². The number of aromatic nitrogens is 1. The second kappa shape index (κ2) is 10.4. The van der Waals surface area contributed by atoms with Crippen LogP contribution in [-0.4, -0.2) is 50.9 Å². The third-order valence-electron chi connectivity index (χ3n) is 6.58. The summed E-state index contributed by atoms with van der Waals surface area (Å²) in [6, 6.07) is 20.7. The molecule has 0 spiro atoms. The molecule has 1 amide bonds. The normalized spacial score (nSPS) is 19.8. The maximum atomic E-state index is 13.6. The molecule has 0 aliphatic carbocycles. The van der Waals surface area contributed by atoms with Crippen molar-refractivity contribution >= 4 is 51.5 Å². The summed E-state index contributed by atoms with van der Waals surface area (Å²) in [6.45, 7) is 1.56. The van der Waals surface area contributed by atoms with Crippen LogP contribution in [0.2, 0.25) is 0 Å². The zero-order valence-corrected chi connectivity index (χ0v) is 21.3. The van der Waals surface area contributed by atoms with E-state index in [0.29, 0.717) is 28.9 Å². The summed E-state index contributed by atoms with van der Waals surface area (Å²) in [6.07, 6.45) is 5.80. The van der Waals surface area contributed by atoms with Crippen LogP contribution in [-0.2, 0) is 16.1 Å². The molecule has 2 aromatic carbocycles. The Morgan fingerprint density at radius 3 is 2.68 bits per heavy atom. The number of para-hydroxylation sites is 2. The second-order valence-electron chi connectivity index (χ2n) is 9.19. The van der Waals surface area contributed by atoms with E-state index in [1.165, 1.54) is 17.8 Å². The van der Waals surface area contributed by atoms with Gasteiger partial charge in [0, 0.05) is 29.3 Å². The Hall–Kier alpha value is -4.08. The van der Waals surface area contributed by atoms with Crippen molar-refractivity contribution in [3.63, 3.8) is 0 Å². The quantitative estimate of drug-likeness (QED) is 0.307. The van der Waals surface area contributed by atoms with E-state index in [2.05, 4.69) is 0 Å². The number of fused-ring (bicyclic) bond motifs is 1. The third-order valence-corrected chi connectivity index (χ3v) is 7.59. The molecule has 2 fully saturated rings. The van der Waals surface area contributed by atoms with Crippen molar-refractivity contribution < 1.29 is 23.8 Å². The number of amides is 1. The predicted octanol–water partition coefficient (Wildman–Crippen LogP) is 5.76. The van der Waals surface area contributed by atoms with Gasteiger partial charge in [-0.25, -0.2) is 9.79 Å². The molecule has 2 aliphatic rings. The Bertz CT molecular complexity index is 1560. The highest BCUT2D eigenvalue weighted by Crippen LogP contribution is 2.36. The Labute approximate surface area is 223 Å². The summed E-state index contributed by atoms with van der Waals surface area (Å²) >= 11 is 1.37. The molecule has 2 saturated heterocycles. The summed E-state index contributed by atoms with van der Waals surface area (Å²) in [4.78, 5) is 31.9. The first-order chi connectivity index (χ1) is 18.5. The Kier molecular flexibility index (Phi) is 6.61. The molecule has 1 atom stereocenters. The molecule has 1 N–H and O–H groups in total. The summed E-state index contributed by atoms with van der Waals surface area (Å²) in [5.41, 5.74) is 2.63. The van der Waals surface area contributed by atoms with Crippen molar-refractivity contribution in [3.8, 4) is 0 Å². The molecule has 9 heteroatoms. The van der Waals surface area contributed by atoms with Gasteiger partial charge in [0.1, 0.15) is 5.76 Å². The van der Waals surface area contributed by atoms with Crippen LogP contribution in [0, 0.1) is 0 Å². The first-order valence-electron chi connectivity index (χ1n) is 12.4. The number of aliphatic imine (C=N–C) groups is 1. The zero-order valence-electron chi connectivity index (χ0n) is 20.4. The standard InChI is InChI=1S/C29H25N3O5S/c33-27-26(38-29(30-20-7-2-1-3-8-20)32(27)18-21-9-6-14-36-21)15-19-16-31(24-11-5-4-10-23(19)24)17-22-12-13-25(37-22)28(34)35/h1-5,7-8,10-13,15-16,21H,6,9,14,17-18H2,(H,34,35)/b26-15-,30-29?/t21-/m1/s1. The van der Waals surface area contributed by atoms with Crippen LogP contribution in [0.4, 0.5) is 5.69 Å². The Morgan fingerprint density at radius 2 is 1.92 bits per heavy atom. The van der Waals surface area contributed by atoms with Crippen molar-refractivity contribution in [1.29, 1.82) is 0 Å². The van der Waals surface area contributed by atoms with Gasteiger partial charge in [0.15, 0.2) is 5.17 Å². The fourth-order valence-corrected chi connectivity index (χ4v) is 5.76. The molecular weight excluding hydrogens is 502 g/mol. The van der Waals surface area contributed by atoms with E-state index in [1.807, 2.05) is 71.4 Å². The van der Waals surface area contributed by atoms with E-state index >= 15 is 0 Å². The van der Waals surface area contributed by atoms with Crippen molar-refractivity contribution in [2.75, 3.05) is 13.2 Å². The van der Waals surface area contributed by atoms with Gasteiger partial charge in [-0.1, -0.05) is 36.4 Å². The number of carbonyl (C=O) groups excluding carboxylic acids is 1. The highest BCUT2D eigenvalue weighted by atomic mass is 32.2. The van der Waals surface area contributed by atoms with Crippen LogP contribution >= 0.6 is 11.8 Å². The average molecular weight is 528 g/mol. The Balaban J connectivity index is 1.35. The highest BCUT2D eigenvalue weighted by Gasteiger charge is 2.36. The molecular formula is C29H25N3O5S. The lowest BCUT2D eigenvalue weighted by Crippen LogP contribution is -2.36. The van der Waals surface area contributed by atoms with Gasteiger partial charge in [-0.15, -0.1) is 0 Å². The number of rotatable bonds is 7. The average Bonchev–Trinajstić information content (AvgIpc) is 3.72. The monoisotopic (exact) mass is 527 g/mol. The number of nitrogens with zero attached hydrogens (tertiary/aromatic N) is 3. The van der Waals surface area contributed by atoms with Gasteiger partial charge < -0.3 is 18.8 Å². The van der Waals surface area contributed by atoms with Gasteiger partial charge in [0.25, 0.3) is 5.91 Å². The van der Waals surface area contributed by atoms with Gasteiger partial charge in [-0.2, -0.15) is 0 Å². The van der Waals surface area contributed by atoms with Crippen molar-refractivity contribution in [1.82, 2.24) is 9.47 Å². The van der Waals surface area contributed by atoms with Crippen LogP contribution < -0.4 is 0 Å². The lowest BCUT2D eigenvalue weighted by molar-refractivity contribution is -0.123. The summed E-state index contributed by atoms with van der Waals surface area (Å²) in [5, 5.41) is 10.8. The molecule has 4 aromatic rings. The molecule has 0 unspecified atom stereocenters. The van der Waals surface area contributed by atoms with Crippen molar-refractivity contribution in [3.05, 3.63) is 94.9 Å². The van der Waals surface area contributed by atoms with Crippen LogP contribution in [0.3, 0.4) is 0 Å². The summed E-state index contributed by atoms with van der Waals surface area (Å²) < 4.78 is 13.3. The highest BCUT2D eigenvalue weighted by molar-refractivity contribution is 8.18. The van der Waals surface area contributed by atoms with Crippen molar-refractivity contribution in [2.24, 2.45) is 4.99 Å². The number of amidine groups is 1. The van der Waals surface area contributed by atoms with Crippen LogP contribution in [0.15, 0.2) is 87.2 Å². The van der Waals surface area contributed by atoms with Crippen LogP contribution in [0.5, 0.6) is 0 Å². The summed E-state index contributed by atoms with van der Waals surface area (Å²) in [5.74, 6) is -0.748. The minimum Gasteiger partial charge on any atom is -0.475 e. The van der Waals surface area contributed by atoms with E-state index < -0.39 is 5.97 Å². The van der Waals surface area contributed by atoms with E-state index in [4.69, 9.17) is 14.1 Å². The molecule has 0 bridgehead atoms. The SMILES string of the molecule is O=C(O)c1ccc(Cn2cc(/C=C3\SC(=Nc4ccccc4)N(C[C@H]4CCCO4)C3=O)c3ccccc32)o1. The number of hydrogen-bond acceptors (Lipinski definition) is 6. The van der Waals surface area contributed by atoms with Gasteiger partial charge in [0.2, 0.25) is 5.76 Å². The number of thioether (sulfide) groups is 1. The number of furan rings is 1. The molecule has 8 nitrogen and oxygen atoms in total. The second-order valence-corrected chi connectivity index (χ2v) is 10.2. The maximum absolute atomic E-state index is 13.6. The van der Waals surface area contributed by atoms with Gasteiger partial charge in [-0.05, 0) is 61.0 Å². The van der Waals surface area contributed by atoms with E-state index in [9.17, 15) is 14.7 Å². The third kappa shape index (κ3) is 4.90.